The Morgan fingerprint density at radius 2 is 1.48 bits per heavy atom. The summed E-state index contributed by atoms with van der Waals surface area (Å²) in [6.07, 6.45) is 1.70. The lowest BCUT2D eigenvalue weighted by atomic mass is 10.2. The van der Waals surface area contributed by atoms with Crippen LogP contribution in [0.4, 0.5) is 4.79 Å². The number of amides is 2. The van der Waals surface area contributed by atoms with E-state index in [-0.39, 0.29) is 17.7 Å². The van der Waals surface area contributed by atoms with Crippen LogP contribution in [0.15, 0.2) is 77.7 Å². The second-order valence-corrected chi connectivity index (χ2v) is 8.90. The molecule has 3 aromatic rings. The first-order valence-corrected chi connectivity index (χ1v) is 11.7. The second kappa shape index (κ2) is 10.8. The third-order valence-electron chi connectivity index (χ3n) is 4.74. The highest BCUT2D eigenvalue weighted by molar-refractivity contribution is 8.18. The number of imide groups is 1. The Morgan fingerprint density at radius 3 is 2.15 bits per heavy atom. The number of nitrogens with zero attached hydrogens (tertiary/aromatic N) is 1. The summed E-state index contributed by atoms with van der Waals surface area (Å²) in [5.41, 5.74) is 1.52. The van der Waals surface area contributed by atoms with E-state index in [1.165, 1.54) is 4.90 Å². The fraction of sp³-hybridized carbons (Fsp3) is 0.120. The maximum atomic E-state index is 12.8. The lowest BCUT2D eigenvalue weighted by Gasteiger charge is -2.13. The number of rotatable bonds is 8. The van der Waals surface area contributed by atoms with E-state index in [9.17, 15) is 9.59 Å². The van der Waals surface area contributed by atoms with E-state index in [1.54, 1.807) is 24.3 Å². The molecule has 8 heteroatoms. The summed E-state index contributed by atoms with van der Waals surface area (Å²) in [5.74, 6) is 1.15. The van der Waals surface area contributed by atoms with Crippen molar-refractivity contribution in [3.63, 3.8) is 0 Å². The number of hydrogen-bond donors (Lipinski definition) is 0. The molecule has 1 aliphatic rings. The first-order chi connectivity index (χ1) is 16.0. The normalized spacial score (nSPS) is 14.7. The van der Waals surface area contributed by atoms with Gasteiger partial charge in [-0.1, -0.05) is 59.6 Å². The number of halogens is 2. The number of para-hydroxylation sites is 1. The summed E-state index contributed by atoms with van der Waals surface area (Å²) in [4.78, 5) is 26.7. The van der Waals surface area contributed by atoms with Gasteiger partial charge in [-0.2, -0.15) is 0 Å². The molecule has 0 unspecified atom stereocenters. The topological polar surface area (TPSA) is 55.8 Å². The van der Waals surface area contributed by atoms with E-state index < -0.39 is 0 Å². The molecule has 0 saturated carbocycles. The number of carbonyl (C=O) groups is 2. The van der Waals surface area contributed by atoms with Gasteiger partial charge in [0.05, 0.1) is 21.5 Å². The molecule has 0 aliphatic carbocycles. The van der Waals surface area contributed by atoms with Gasteiger partial charge in [0, 0.05) is 0 Å². The molecule has 3 aromatic carbocycles. The highest BCUT2D eigenvalue weighted by atomic mass is 35.5. The van der Waals surface area contributed by atoms with E-state index in [2.05, 4.69) is 0 Å². The zero-order valence-electron chi connectivity index (χ0n) is 17.4. The molecule has 168 valence electrons. The number of hydrogen-bond acceptors (Lipinski definition) is 5. The van der Waals surface area contributed by atoms with E-state index in [4.69, 9.17) is 32.7 Å². The SMILES string of the molecule is O=C1S/C(=C/c2ccc(OCCOc3ccccc3)cc2)C(=O)N1Cc1ccc(Cl)c(Cl)c1. The molecule has 1 saturated heterocycles. The van der Waals surface area contributed by atoms with Crippen molar-refractivity contribution in [3.05, 3.63) is 98.9 Å². The number of thioether (sulfide) groups is 1. The van der Waals surface area contributed by atoms with E-state index in [1.807, 2.05) is 54.6 Å². The minimum atomic E-state index is -0.338. The summed E-state index contributed by atoms with van der Waals surface area (Å²) in [5, 5.41) is 0.479. The molecule has 0 radical (unpaired) electrons. The van der Waals surface area contributed by atoms with Crippen molar-refractivity contribution in [2.75, 3.05) is 13.2 Å². The highest BCUT2D eigenvalue weighted by Crippen LogP contribution is 2.34. The Kier molecular flexibility index (Phi) is 7.60. The van der Waals surface area contributed by atoms with Crippen LogP contribution in [-0.4, -0.2) is 29.3 Å². The second-order valence-electron chi connectivity index (χ2n) is 7.10. The summed E-state index contributed by atoms with van der Waals surface area (Å²) in [6.45, 7) is 0.969. The Bertz CT molecular complexity index is 1180. The third-order valence-corrected chi connectivity index (χ3v) is 6.39. The van der Waals surface area contributed by atoms with Gasteiger partial charge in [0.15, 0.2) is 0 Å². The van der Waals surface area contributed by atoms with Crippen LogP contribution in [0.25, 0.3) is 6.08 Å². The van der Waals surface area contributed by atoms with Gasteiger partial charge in [-0.15, -0.1) is 0 Å². The number of carbonyl (C=O) groups excluding carboxylic acids is 2. The van der Waals surface area contributed by atoms with Crippen LogP contribution in [0.2, 0.25) is 10.0 Å². The summed E-state index contributed by atoms with van der Waals surface area (Å²) in [7, 11) is 0. The molecular weight excluding hydrogens is 481 g/mol. The van der Waals surface area contributed by atoms with E-state index >= 15 is 0 Å². The zero-order valence-corrected chi connectivity index (χ0v) is 19.7. The third kappa shape index (κ3) is 6.11. The van der Waals surface area contributed by atoms with Crippen LogP contribution in [0.5, 0.6) is 11.5 Å². The van der Waals surface area contributed by atoms with Gasteiger partial charge in [0.25, 0.3) is 11.1 Å². The minimum Gasteiger partial charge on any atom is -0.490 e. The van der Waals surface area contributed by atoms with Crippen LogP contribution < -0.4 is 9.47 Å². The molecule has 0 atom stereocenters. The molecule has 0 aromatic heterocycles. The largest absolute Gasteiger partial charge is 0.490 e. The predicted octanol–water partition coefficient (Wildman–Crippen LogP) is 6.69. The highest BCUT2D eigenvalue weighted by Gasteiger charge is 2.35. The molecule has 0 spiro atoms. The smallest absolute Gasteiger partial charge is 0.293 e. The van der Waals surface area contributed by atoms with Crippen LogP contribution in [0, 0.1) is 0 Å². The summed E-state index contributed by atoms with van der Waals surface area (Å²) in [6, 6.07) is 21.9. The molecule has 5 nitrogen and oxygen atoms in total. The van der Waals surface area contributed by atoms with Gasteiger partial charge < -0.3 is 9.47 Å². The fourth-order valence-electron chi connectivity index (χ4n) is 3.10. The maximum absolute atomic E-state index is 12.8. The lowest BCUT2D eigenvalue weighted by molar-refractivity contribution is -0.123. The van der Waals surface area contributed by atoms with Crippen LogP contribution >= 0.6 is 35.0 Å². The Labute approximate surface area is 205 Å². The van der Waals surface area contributed by atoms with Gasteiger partial charge in [0.1, 0.15) is 24.7 Å². The Morgan fingerprint density at radius 1 is 0.818 bits per heavy atom. The maximum Gasteiger partial charge on any atom is 0.293 e. The molecule has 1 aliphatic heterocycles. The van der Waals surface area contributed by atoms with Crippen LogP contribution in [0.1, 0.15) is 11.1 Å². The summed E-state index contributed by atoms with van der Waals surface area (Å²) >= 11 is 12.9. The first kappa shape index (κ1) is 23.2. The number of ether oxygens (including phenoxy) is 2. The fourth-order valence-corrected chi connectivity index (χ4v) is 4.26. The van der Waals surface area contributed by atoms with Gasteiger partial charge in [-0.25, -0.2) is 0 Å². The zero-order chi connectivity index (χ0) is 23.2. The molecule has 0 bridgehead atoms. The van der Waals surface area contributed by atoms with Gasteiger partial charge in [0.2, 0.25) is 0 Å². The molecule has 4 rings (SSSR count). The van der Waals surface area contributed by atoms with Gasteiger partial charge >= 0.3 is 0 Å². The molecule has 33 heavy (non-hydrogen) atoms. The lowest BCUT2D eigenvalue weighted by Crippen LogP contribution is -2.27. The van der Waals surface area contributed by atoms with E-state index in [0.29, 0.717) is 33.9 Å². The van der Waals surface area contributed by atoms with Crippen molar-refractivity contribution >= 4 is 52.2 Å². The van der Waals surface area contributed by atoms with Crippen molar-refractivity contribution in [1.29, 1.82) is 0 Å². The Hall–Kier alpha value is -2.93. The standard InChI is InChI=1S/C25H19Cl2NO4S/c26-21-11-8-18(14-22(21)27)16-28-24(29)23(33-25(28)30)15-17-6-9-20(10-7-17)32-13-12-31-19-4-2-1-3-5-19/h1-11,14-15H,12-13,16H2/b23-15+. The molecule has 0 N–H and O–H groups in total. The average Bonchev–Trinajstić information content (AvgIpc) is 3.08. The van der Waals surface area contributed by atoms with Crippen molar-refractivity contribution in [2.24, 2.45) is 0 Å². The minimum absolute atomic E-state index is 0.136. The molecule has 2 amide bonds. The van der Waals surface area contributed by atoms with Crippen molar-refractivity contribution < 1.29 is 19.1 Å². The Balaban J connectivity index is 1.33. The first-order valence-electron chi connectivity index (χ1n) is 10.1. The quantitative estimate of drug-likeness (QED) is 0.255. The average molecular weight is 500 g/mol. The van der Waals surface area contributed by atoms with Gasteiger partial charge in [-0.3, -0.25) is 14.5 Å². The predicted molar refractivity (Wildman–Crippen MR) is 132 cm³/mol. The van der Waals surface area contributed by atoms with Crippen molar-refractivity contribution in [2.45, 2.75) is 6.54 Å². The van der Waals surface area contributed by atoms with Crippen molar-refractivity contribution in [3.8, 4) is 11.5 Å². The van der Waals surface area contributed by atoms with Crippen LogP contribution in [-0.2, 0) is 11.3 Å². The van der Waals surface area contributed by atoms with Crippen molar-refractivity contribution in [1.82, 2.24) is 4.90 Å². The molecule has 1 heterocycles. The monoisotopic (exact) mass is 499 g/mol. The number of benzene rings is 3. The van der Waals surface area contributed by atoms with Crippen LogP contribution in [0.3, 0.4) is 0 Å². The molecular formula is C25H19Cl2NO4S. The molecule has 1 fully saturated rings. The summed E-state index contributed by atoms with van der Waals surface area (Å²) < 4.78 is 11.3. The van der Waals surface area contributed by atoms with E-state index in [0.717, 1.165) is 28.6 Å². The van der Waals surface area contributed by atoms with Gasteiger partial charge in [-0.05, 0) is 65.4 Å².